The van der Waals surface area contributed by atoms with Gasteiger partial charge in [-0.2, -0.15) is 17.6 Å². The van der Waals surface area contributed by atoms with Crippen molar-refractivity contribution in [1.29, 1.82) is 0 Å². The van der Waals surface area contributed by atoms with Crippen LogP contribution in [0.5, 0.6) is 0 Å². The van der Waals surface area contributed by atoms with Gasteiger partial charge in [0.2, 0.25) is 0 Å². The molecule has 0 aliphatic carbocycles. The standard InChI is InChI=1S/C9H14F6O5/c1-16-3-5-18-7(10,11)8(12,13)20-9(14,15)19-6-4-17-2/h3-6H2,1-2H3. The minimum atomic E-state index is -5.60. The summed E-state index contributed by atoms with van der Waals surface area (Å²) in [6, 6.07) is 0. The Hall–Kier alpha value is -0.620. The zero-order valence-electron chi connectivity index (χ0n) is 10.6. The molecule has 0 saturated heterocycles. The summed E-state index contributed by atoms with van der Waals surface area (Å²) in [5, 5.41) is 0. The molecule has 0 unspecified atom stereocenters. The molecule has 0 aromatic rings. The third-order valence-electron chi connectivity index (χ3n) is 1.71. The third-order valence-corrected chi connectivity index (χ3v) is 1.71. The number of alkyl halides is 6. The molecule has 0 aromatic heterocycles. The van der Waals surface area contributed by atoms with E-state index in [1.54, 1.807) is 0 Å². The molecule has 0 bridgehead atoms. The molecular formula is C9H14F6O5. The summed E-state index contributed by atoms with van der Waals surface area (Å²) in [7, 11) is 2.24. The highest BCUT2D eigenvalue weighted by Crippen LogP contribution is 2.40. The monoisotopic (exact) mass is 316 g/mol. The Balaban J connectivity index is 4.52. The second-order valence-electron chi connectivity index (χ2n) is 3.28. The minimum absolute atomic E-state index is 0.370. The average molecular weight is 316 g/mol. The average Bonchev–Trinajstić information content (AvgIpc) is 2.27. The molecule has 0 rings (SSSR count). The van der Waals surface area contributed by atoms with E-state index in [4.69, 9.17) is 0 Å². The van der Waals surface area contributed by atoms with E-state index in [1.165, 1.54) is 0 Å². The second kappa shape index (κ2) is 7.98. The molecule has 0 aromatic carbocycles. The van der Waals surface area contributed by atoms with Crippen molar-refractivity contribution in [2.75, 3.05) is 40.6 Å². The fourth-order valence-electron chi connectivity index (χ4n) is 0.819. The van der Waals surface area contributed by atoms with Gasteiger partial charge in [-0.15, -0.1) is 8.78 Å². The zero-order chi connectivity index (χ0) is 15.9. The van der Waals surface area contributed by atoms with Crippen LogP contribution in [0.4, 0.5) is 26.3 Å². The van der Waals surface area contributed by atoms with Gasteiger partial charge in [0.25, 0.3) is 0 Å². The maximum atomic E-state index is 12.9. The van der Waals surface area contributed by atoms with E-state index >= 15 is 0 Å². The Morgan fingerprint density at radius 1 is 0.650 bits per heavy atom. The summed E-state index contributed by atoms with van der Waals surface area (Å²) >= 11 is 0. The lowest BCUT2D eigenvalue weighted by Gasteiger charge is -2.28. The maximum absolute atomic E-state index is 12.9. The van der Waals surface area contributed by atoms with Crippen molar-refractivity contribution in [3.8, 4) is 0 Å². The van der Waals surface area contributed by atoms with Gasteiger partial charge in [-0.25, -0.2) is 4.74 Å². The van der Waals surface area contributed by atoms with Gasteiger partial charge in [-0.3, -0.25) is 4.74 Å². The lowest BCUT2D eigenvalue weighted by molar-refractivity contribution is -0.526. The molecule has 11 heteroatoms. The summed E-state index contributed by atoms with van der Waals surface area (Å²) < 4.78 is 95.4. The molecule has 0 N–H and O–H groups in total. The Morgan fingerprint density at radius 3 is 1.55 bits per heavy atom. The van der Waals surface area contributed by atoms with E-state index in [0.717, 1.165) is 14.2 Å². The van der Waals surface area contributed by atoms with Crippen LogP contribution in [0.3, 0.4) is 0 Å². The predicted molar refractivity (Wildman–Crippen MR) is 51.6 cm³/mol. The van der Waals surface area contributed by atoms with Gasteiger partial charge in [0, 0.05) is 14.2 Å². The smallest absolute Gasteiger partial charge is 0.382 e. The Bertz CT molecular complexity index is 276. The summed E-state index contributed by atoms with van der Waals surface area (Å²) in [6.07, 6.45) is -15.8. The van der Waals surface area contributed by atoms with Crippen LogP contribution in [0.25, 0.3) is 0 Å². The van der Waals surface area contributed by atoms with Crippen molar-refractivity contribution in [3.05, 3.63) is 0 Å². The summed E-state index contributed by atoms with van der Waals surface area (Å²) in [4.78, 5) is 0. The van der Waals surface area contributed by atoms with E-state index in [2.05, 4.69) is 23.7 Å². The largest absolute Gasteiger partial charge is 0.490 e. The molecule has 122 valence electrons. The highest BCUT2D eigenvalue weighted by atomic mass is 19.3. The fraction of sp³-hybridized carbons (Fsp3) is 1.00. The quantitative estimate of drug-likeness (QED) is 0.332. The molecule has 0 aliphatic rings. The van der Waals surface area contributed by atoms with Gasteiger partial charge in [-0.1, -0.05) is 0 Å². The van der Waals surface area contributed by atoms with Crippen molar-refractivity contribution in [3.63, 3.8) is 0 Å². The molecule has 0 radical (unpaired) electrons. The Labute approximate surface area is 110 Å². The SMILES string of the molecule is COCCOC(F)(F)OC(F)(F)C(F)(F)OCCOC. The summed E-state index contributed by atoms with van der Waals surface area (Å²) in [5.41, 5.74) is 0. The topological polar surface area (TPSA) is 46.2 Å². The molecular weight excluding hydrogens is 302 g/mol. The first-order valence-electron chi connectivity index (χ1n) is 5.17. The van der Waals surface area contributed by atoms with Crippen LogP contribution in [0.15, 0.2) is 0 Å². The number of halogens is 6. The van der Waals surface area contributed by atoms with E-state index in [9.17, 15) is 26.3 Å². The van der Waals surface area contributed by atoms with Crippen LogP contribution >= 0.6 is 0 Å². The van der Waals surface area contributed by atoms with Crippen molar-refractivity contribution >= 4 is 0 Å². The van der Waals surface area contributed by atoms with Gasteiger partial charge in [-0.05, 0) is 0 Å². The molecule has 0 spiro atoms. The molecule has 5 nitrogen and oxygen atoms in total. The first-order chi connectivity index (χ1) is 9.08. The van der Waals surface area contributed by atoms with E-state index in [1.807, 2.05) is 0 Å². The van der Waals surface area contributed by atoms with Gasteiger partial charge in [0.15, 0.2) is 0 Å². The molecule has 20 heavy (non-hydrogen) atoms. The molecule has 0 saturated carbocycles. The van der Waals surface area contributed by atoms with Gasteiger partial charge in [0.1, 0.15) is 0 Å². The minimum Gasteiger partial charge on any atom is -0.382 e. The van der Waals surface area contributed by atoms with E-state index in [-0.39, 0.29) is 6.61 Å². The number of methoxy groups -OCH3 is 2. The maximum Gasteiger partial charge on any atom is 0.490 e. The van der Waals surface area contributed by atoms with Crippen molar-refractivity contribution in [1.82, 2.24) is 0 Å². The van der Waals surface area contributed by atoms with Crippen LogP contribution in [0.1, 0.15) is 0 Å². The summed E-state index contributed by atoms with van der Waals surface area (Å²) in [6.45, 7) is -2.59. The Kier molecular flexibility index (Phi) is 7.73. The van der Waals surface area contributed by atoms with Crippen molar-refractivity contribution < 1.29 is 50.0 Å². The van der Waals surface area contributed by atoms with Crippen LogP contribution in [-0.4, -0.2) is 59.2 Å². The van der Waals surface area contributed by atoms with Crippen LogP contribution in [-0.2, 0) is 23.7 Å². The molecule has 0 aliphatic heterocycles. The van der Waals surface area contributed by atoms with Gasteiger partial charge in [0.05, 0.1) is 26.4 Å². The number of hydrogen-bond donors (Lipinski definition) is 0. The van der Waals surface area contributed by atoms with E-state index in [0.29, 0.717) is 0 Å². The molecule has 0 heterocycles. The molecule has 0 fully saturated rings. The van der Waals surface area contributed by atoms with Gasteiger partial charge >= 0.3 is 18.5 Å². The number of rotatable bonds is 11. The number of ether oxygens (including phenoxy) is 5. The van der Waals surface area contributed by atoms with E-state index < -0.39 is 38.3 Å². The third kappa shape index (κ3) is 6.70. The first kappa shape index (κ1) is 19.4. The van der Waals surface area contributed by atoms with Crippen molar-refractivity contribution in [2.45, 2.75) is 18.5 Å². The second-order valence-corrected chi connectivity index (χ2v) is 3.28. The molecule has 0 amide bonds. The highest BCUT2D eigenvalue weighted by Gasteiger charge is 2.64. The molecule has 0 atom stereocenters. The fourth-order valence-corrected chi connectivity index (χ4v) is 0.819. The van der Waals surface area contributed by atoms with Crippen LogP contribution in [0.2, 0.25) is 0 Å². The highest BCUT2D eigenvalue weighted by molar-refractivity contribution is 4.67. The first-order valence-corrected chi connectivity index (χ1v) is 5.17. The van der Waals surface area contributed by atoms with Crippen LogP contribution in [0, 0.1) is 0 Å². The predicted octanol–water partition coefficient (Wildman–Crippen LogP) is 2.06. The zero-order valence-corrected chi connectivity index (χ0v) is 10.6. The normalized spacial score (nSPS) is 13.8. The number of hydrogen-bond acceptors (Lipinski definition) is 5. The van der Waals surface area contributed by atoms with Crippen LogP contribution < -0.4 is 0 Å². The lowest BCUT2D eigenvalue weighted by Crippen LogP contribution is -2.50. The van der Waals surface area contributed by atoms with Gasteiger partial charge < -0.3 is 14.2 Å². The summed E-state index contributed by atoms with van der Waals surface area (Å²) in [5.74, 6) is 0. The van der Waals surface area contributed by atoms with Crippen molar-refractivity contribution in [2.24, 2.45) is 0 Å². The Morgan fingerprint density at radius 2 is 1.10 bits per heavy atom. The lowest BCUT2D eigenvalue weighted by atomic mass is 10.5.